The number of thioether (sulfide) groups is 4. The van der Waals surface area contributed by atoms with E-state index in [4.69, 9.17) is 34.7 Å². The molecule has 36 heavy (non-hydrogen) atoms. The van der Waals surface area contributed by atoms with Crippen molar-refractivity contribution in [2.45, 2.75) is 21.3 Å². The third kappa shape index (κ3) is 5.78. The highest BCUT2D eigenvalue weighted by Crippen LogP contribution is 2.44. The number of aliphatic carboxylic acids is 1. The normalized spacial score (nSPS) is 19.1. The van der Waals surface area contributed by atoms with Gasteiger partial charge in [0.05, 0.1) is 10.8 Å². The molecule has 2 aliphatic heterocycles. The molecule has 1 saturated heterocycles. The lowest BCUT2D eigenvalue weighted by atomic mass is 10.1. The van der Waals surface area contributed by atoms with E-state index in [-0.39, 0.29) is 28.9 Å². The van der Waals surface area contributed by atoms with Gasteiger partial charge >= 0.3 is 5.97 Å². The molecule has 0 spiro atoms. The lowest BCUT2D eigenvalue weighted by molar-refractivity contribution is -0.150. The molecule has 16 heteroatoms. The van der Waals surface area contributed by atoms with Gasteiger partial charge < -0.3 is 21.9 Å². The van der Waals surface area contributed by atoms with Crippen LogP contribution in [0.3, 0.4) is 0 Å². The van der Waals surface area contributed by atoms with Crippen molar-refractivity contribution in [3.05, 3.63) is 45.2 Å². The number of aromatic nitrogens is 2. The van der Waals surface area contributed by atoms with Crippen LogP contribution in [-0.2, 0) is 14.4 Å². The smallest absolute Gasteiger partial charge is 0.353 e. The number of benzene rings is 1. The maximum absolute atomic E-state index is 12.8. The first-order valence-electron chi connectivity index (χ1n) is 10.1. The Morgan fingerprint density at radius 1 is 1.22 bits per heavy atom. The van der Waals surface area contributed by atoms with Gasteiger partial charge in [-0.25, -0.2) is 14.8 Å². The molecule has 3 heterocycles. The molecule has 0 aliphatic carbocycles. The zero-order valence-corrected chi connectivity index (χ0v) is 22.9. The van der Waals surface area contributed by atoms with Gasteiger partial charge in [0, 0.05) is 25.7 Å². The minimum atomic E-state index is -1.21. The fourth-order valence-electron chi connectivity index (χ4n) is 3.31. The number of rotatable bonds is 9. The molecule has 0 unspecified atom stereocenters. The molecule has 0 saturated carbocycles. The number of nitrogen functional groups attached to an aromatic ring is 2. The number of amides is 2. The van der Waals surface area contributed by atoms with Crippen molar-refractivity contribution in [1.82, 2.24) is 20.2 Å². The van der Waals surface area contributed by atoms with Crippen molar-refractivity contribution in [3.63, 3.8) is 0 Å². The van der Waals surface area contributed by atoms with Gasteiger partial charge in [0.15, 0.2) is 5.82 Å². The van der Waals surface area contributed by atoms with Gasteiger partial charge in [-0.2, -0.15) is 0 Å². The Labute approximate surface area is 232 Å². The van der Waals surface area contributed by atoms with Crippen LogP contribution in [0, 0.1) is 0 Å². The molecule has 2 atom stereocenters. The van der Waals surface area contributed by atoms with E-state index >= 15 is 0 Å². The average Bonchev–Trinajstić information content (AvgIpc) is 2.85. The van der Waals surface area contributed by atoms with Crippen LogP contribution in [0.25, 0.3) is 0 Å². The van der Waals surface area contributed by atoms with Gasteiger partial charge in [-0.15, -0.1) is 35.3 Å². The molecule has 0 radical (unpaired) electrons. The highest BCUT2D eigenvalue weighted by Gasteiger charge is 2.54. The minimum Gasteiger partial charge on any atom is -0.477 e. The number of β-lactam (4-membered cyclic amide) rings is 1. The SMILES string of the molecule is Nc1ncnc(SCSC2=C(C(=O)O)N3C(=O)[C@@H](NC(=O)CSc4cc(Cl)ccc4Cl)[C@H]3SC2)c1N. The van der Waals surface area contributed by atoms with Crippen LogP contribution in [0.4, 0.5) is 11.5 Å². The van der Waals surface area contributed by atoms with Crippen LogP contribution in [-0.4, -0.2) is 65.8 Å². The Hall–Kier alpha value is -1.97. The lowest BCUT2D eigenvalue weighted by Gasteiger charge is -2.49. The largest absolute Gasteiger partial charge is 0.477 e. The summed E-state index contributed by atoms with van der Waals surface area (Å²) >= 11 is 17.3. The molecule has 1 aromatic heterocycles. The first kappa shape index (κ1) is 27.1. The van der Waals surface area contributed by atoms with Gasteiger partial charge in [0.25, 0.3) is 5.91 Å². The number of nitrogens with one attached hydrogen (secondary N) is 1. The third-order valence-corrected chi connectivity index (χ3v) is 10.4. The van der Waals surface area contributed by atoms with Gasteiger partial charge in [-0.3, -0.25) is 14.5 Å². The lowest BCUT2D eigenvalue weighted by Crippen LogP contribution is -2.70. The number of nitrogens with two attached hydrogens (primary N) is 2. The Balaban J connectivity index is 1.36. The summed E-state index contributed by atoms with van der Waals surface area (Å²) in [7, 11) is 0. The van der Waals surface area contributed by atoms with Gasteiger partial charge in [-0.1, -0.05) is 35.0 Å². The maximum atomic E-state index is 12.8. The van der Waals surface area contributed by atoms with E-state index in [1.165, 1.54) is 58.3 Å². The average molecular weight is 606 g/mol. The summed E-state index contributed by atoms with van der Waals surface area (Å²) < 4.78 is 0. The molecule has 4 rings (SSSR count). The topological polar surface area (TPSA) is 165 Å². The molecule has 2 amide bonds. The van der Waals surface area contributed by atoms with Crippen LogP contribution in [0.1, 0.15) is 0 Å². The van der Waals surface area contributed by atoms with E-state index in [0.717, 1.165) is 0 Å². The Morgan fingerprint density at radius 2 is 2.00 bits per heavy atom. The summed E-state index contributed by atoms with van der Waals surface area (Å²) in [6, 6.07) is 4.14. The number of hydrogen-bond acceptors (Lipinski definition) is 11. The number of hydrogen-bond donors (Lipinski definition) is 4. The molecular weight excluding hydrogens is 587 g/mol. The second kappa shape index (κ2) is 11.6. The molecule has 190 valence electrons. The highest BCUT2D eigenvalue weighted by molar-refractivity contribution is 8.18. The molecule has 10 nitrogen and oxygen atoms in total. The van der Waals surface area contributed by atoms with Crippen LogP contribution >= 0.6 is 70.2 Å². The minimum absolute atomic E-state index is 0.0257. The molecule has 0 bridgehead atoms. The molecule has 1 fully saturated rings. The number of anilines is 2. The van der Waals surface area contributed by atoms with Crippen LogP contribution < -0.4 is 16.8 Å². The Bertz CT molecular complexity index is 1270. The second-order valence-electron chi connectivity index (χ2n) is 7.28. The molecular formula is C20H18Cl2N6O4S4. The number of halogens is 2. The summed E-state index contributed by atoms with van der Waals surface area (Å²) in [6.45, 7) is 0. The second-order valence-corrected chi connectivity index (χ2v) is 12.6. The molecule has 6 N–H and O–H groups in total. The number of carboxylic acids is 1. The van der Waals surface area contributed by atoms with Crippen molar-refractivity contribution < 1.29 is 19.5 Å². The van der Waals surface area contributed by atoms with Gasteiger partial charge in [0.1, 0.15) is 34.2 Å². The molecule has 2 aliphatic rings. The first-order chi connectivity index (χ1) is 17.2. The predicted octanol–water partition coefficient (Wildman–Crippen LogP) is 3.22. The number of carbonyl (C=O) groups is 3. The summed E-state index contributed by atoms with van der Waals surface area (Å²) in [5.74, 6) is -1.47. The van der Waals surface area contributed by atoms with E-state index in [1.807, 2.05) is 0 Å². The molecule has 2 aromatic rings. The monoisotopic (exact) mass is 604 g/mol. The Kier molecular flexibility index (Phi) is 8.73. The predicted molar refractivity (Wildman–Crippen MR) is 146 cm³/mol. The zero-order chi connectivity index (χ0) is 26.0. The van der Waals surface area contributed by atoms with E-state index in [9.17, 15) is 19.5 Å². The van der Waals surface area contributed by atoms with Crippen molar-refractivity contribution in [3.8, 4) is 0 Å². The number of carboxylic acid groups (broad SMARTS) is 1. The van der Waals surface area contributed by atoms with Crippen LogP contribution in [0.2, 0.25) is 10.0 Å². The third-order valence-electron chi connectivity index (χ3n) is 5.01. The zero-order valence-electron chi connectivity index (χ0n) is 18.1. The Morgan fingerprint density at radius 3 is 2.75 bits per heavy atom. The van der Waals surface area contributed by atoms with Crippen molar-refractivity contribution in [1.29, 1.82) is 0 Å². The van der Waals surface area contributed by atoms with Crippen molar-refractivity contribution in [2.24, 2.45) is 0 Å². The number of nitrogens with zero attached hydrogens (tertiary/aromatic N) is 3. The van der Waals surface area contributed by atoms with E-state index < -0.39 is 23.3 Å². The van der Waals surface area contributed by atoms with E-state index in [0.29, 0.717) is 35.7 Å². The van der Waals surface area contributed by atoms with Crippen molar-refractivity contribution >= 4 is 99.5 Å². The number of fused-ring (bicyclic) bond motifs is 1. The van der Waals surface area contributed by atoms with Gasteiger partial charge in [-0.05, 0) is 18.2 Å². The quantitative estimate of drug-likeness (QED) is 0.143. The maximum Gasteiger partial charge on any atom is 0.353 e. The fraction of sp³-hybridized carbons (Fsp3) is 0.250. The summed E-state index contributed by atoms with van der Waals surface area (Å²) in [5, 5.41) is 13.9. The first-order valence-corrected chi connectivity index (χ1v) is 14.8. The standard InChI is InChI=1S/C20H18Cl2N6O4S4/c21-8-1-2-9(22)10(3-8)33-5-12(29)27-14-18(30)28-15(20(31)32)11(4-34-19(14)28)35-7-36-17-13(23)16(24)25-6-26-17/h1-3,6,14,19H,4-5,7,23H2,(H,27,29)(H,31,32)(H2,24,25,26)/t14-,19-/m1/s1. The molecule has 1 aromatic carbocycles. The van der Waals surface area contributed by atoms with Crippen molar-refractivity contribution in [2.75, 3.05) is 28.1 Å². The number of carbonyl (C=O) groups excluding carboxylic acids is 2. The summed E-state index contributed by atoms with van der Waals surface area (Å²) in [4.78, 5) is 47.7. The summed E-state index contributed by atoms with van der Waals surface area (Å²) in [6.07, 6.45) is 1.30. The van der Waals surface area contributed by atoms with E-state index in [2.05, 4.69) is 15.3 Å². The summed E-state index contributed by atoms with van der Waals surface area (Å²) in [5.41, 5.74) is 11.8. The fourth-order valence-corrected chi connectivity index (χ4v) is 8.30. The van der Waals surface area contributed by atoms with Crippen LogP contribution in [0.15, 0.2) is 45.1 Å². The highest BCUT2D eigenvalue weighted by atomic mass is 35.5. The van der Waals surface area contributed by atoms with Gasteiger partial charge in [0.2, 0.25) is 5.91 Å². The van der Waals surface area contributed by atoms with E-state index in [1.54, 1.807) is 18.2 Å². The van der Waals surface area contributed by atoms with Crippen LogP contribution in [0.5, 0.6) is 0 Å².